The molecule has 1 aromatic rings. The third-order valence-electron chi connectivity index (χ3n) is 3.16. The van der Waals surface area contributed by atoms with E-state index < -0.39 is 0 Å². The summed E-state index contributed by atoms with van der Waals surface area (Å²) in [7, 11) is 0. The molecule has 0 saturated carbocycles. The summed E-state index contributed by atoms with van der Waals surface area (Å²) < 4.78 is 2.29. The van der Waals surface area contributed by atoms with Gasteiger partial charge in [0.1, 0.15) is 11.6 Å². The number of rotatable bonds is 2. The molecular weight excluding hydrogens is 200 g/mol. The first-order chi connectivity index (χ1) is 7.49. The summed E-state index contributed by atoms with van der Waals surface area (Å²) >= 11 is 0. The van der Waals surface area contributed by atoms with Gasteiger partial charge >= 0.3 is 0 Å². The molecule has 0 aliphatic carbocycles. The lowest BCUT2D eigenvalue weighted by molar-refractivity contribution is 0.357. The van der Waals surface area contributed by atoms with E-state index in [-0.39, 0.29) is 5.41 Å². The van der Waals surface area contributed by atoms with Crippen molar-refractivity contribution in [3.8, 4) is 0 Å². The maximum absolute atomic E-state index is 5.71. The highest BCUT2D eigenvalue weighted by Crippen LogP contribution is 2.24. The van der Waals surface area contributed by atoms with Crippen molar-refractivity contribution in [1.82, 2.24) is 14.8 Å². The Hall–Kier alpha value is -0.900. The van der Waals surface area contributed by atoms with Gasteiger partial charge in [-0.15, -0.1) is 10.2 Å². The van der Waals surface area contributed by atoms with E-state index >= 15 is 0 Å². The first kappa shape index (κ1) is 11.6. The number of aromatic nitrogens is 3. The molecule has 2 heterocycles. The van der Waals surface area contributed by atoms with Crippen LogP contribution in [-0.4, -0.2) is 21.3 Å². The highest BCUT2D eigenvalue weighted by Gasteiger charge is 2.24. The molecule has 0 aromatic carbocycles. The zero-order valence-electron chi connectivity index (χ0n) is 10.5. The molecule has 0 fully saturated rings. The van der Waals surface area contributed by atoms with E-state index in [1.54, 1.807) is 0 Å². The Morgan fingerprint density at radius 2 is 2.12 bits per heavy atom. The number of hydrogen-bond donors (Lipinski definition) is 1. The van der Waals surface area contributed by atoms with Crippen molar-refractivity contribution in [2.24, 2.45) is 17.1 Å². The van der Waals surface area contributed by atoms with E-state index in [0.29, 0.717) is 5.92 Å². The predicted octanol–water partition coefficient (Wildman–Crippen LogP) is 1.39. The van der Waals surface area contributed by atoms with Crippen molar-refractivity contribution < 1.29 is 0 Å². The minimum Gasteiger partial charge on any atom is -0.330 e. The summed E-state index contributed by atoms with van der Waals surface area (Å²) in [4.78, 5) is 0. The Balaban J connectivity index is 2.16. The number of nitrogens with zero attached hydrogens (tertiary/aromatic N) is 3. The van der Waals surface area contributed by atoms with Crippen LogP contribution in [0.4, 0.5) is 0 Å². The Labute approximate surface area is 97.2 Å². The van der Waals surface area contributed by atoms with Gasteiger partial charge < -0.3 is 10.3 Å². The topological polar surface area (TPSA) is 56.7 Å². The number of hydrogen-bond acceptors (Lipinski definition) is 3. The van der Waals surface area contributed by atoms with E-state index in [4.69, 9.17) is 5.73 Å². The molecule has 1 aliphatic rings. The third kappa shape index (κ3) is 2.43. The van der Waals surface area contributed by atoms with Gasteiger partial charge in [-0.2, -0.15) is 0 Å². The molecule has 0 radical (unpaired) electrons. The van der Waals surface area contributed by atoms with Crippen molar-refractivity contribution >= 4 is 0 Å². The van der Waals surface area contributed by atoms with Crippen molar-refractivity contribution in [2.75, 3.05) is 6.54 Å². The van der Waals surface area contributed by atoms with Crippen LogP contribution in [0.5, 0.6) is 0 Å². The lowest BCUT2D eigenvalue weighted by atomic mass is 9.91. The van der Waals surface area contributed by atoms with Crippen molar-refractivity contribution in [2.45, 2.75) is 46.6 Å². The van der Waals surface area contributed by atoms with Crippen molar-refractivity contribution in [3.63, 3.8) is 0 Å². The highest BCUT2D eigenvalue weighted by molar-refractivity contribution is 5.02. The molecular formula is C12H22N4. The van der Waals surface area contributed by atoms with Gasteiger partial charge in [-0.3, -0.25) is 0 Å². The van der Waals surface area contributed by atoms with Gasteiger partial charge in [-0.05, 0) is 24.3 Å². The molecule has 2 rings (SSSR count). The van der Waals surface area contributed by atoms with Gasteiger partial charge in [0.05, 0.1) is 0 Å². The second-order valence-electron chi connectivity index (χ2n) is 6.02. The third-order valence-corrected chi connectivity index (χ3v) is 3.16. The predicted molar refractivity (Wildman–Crippen MR) is 64.0 cm³/mol. The van der Waals surface area contributed by atoms with Crippen LogP contribution in [0.1, 0.15) is 38.8 Å². The molecule has 1 aliphatic heterocycles. The standard InChI is InChI=1S/C12H22N4/c1-12(2,3)7-11-15-14-10-6-9(8-13)4-5-16(10)11/h9H,4-8,13H2,1-3H3. The Morgan fingerprint density at radius 3 is 2.75 bits per heavy atom. The molecule has 16 heavy (non-hydrogen) atoms. The smallest absolute Gasteiger partial charge is 0.133 e. The lowest BCUT2D eigenvalue weighted by Gasteiger charge is -2.24. The second kappa shape index (κ2) is 4.17. The fraction of sp³-hybridized carbons (Fsp3) is 0.833. The minimum atomic E-state index is 0.272. The molecule has 0 bridgehead atoms. The molecule has 1 aromatic heterocycles. The first-order valence-corrected chi connectivity index (χ1v) is 6.10. The van der Waals surface area contributed by atoms with Crippen LogP contribution >= 0.6 is 0 Å². The van der Waals surface area contributed by atoms with Gasteiger partial charge in [0.2, 0.25) is 0 Å². The molecule has 0 saturated heterocycles. The van der Waals surface area contributed by atoms with Crippen LogP contribution in [0.3, 0.4) is 0 Å². The van der Waals surface area contributed by atoms with Gasteiger partial charge in [0.25, 0.3) is 0 Å². The fourth-order valence-electron chi connectivity index (χ4n) is 2.26. The molecule has 1 atom stereocenters. The average Bonchev–Trinajstić information content (AvgIpc) is 2.58. The normalized spacial score (nSPS) is 20.9. The zero-order valence-corrected chi connectivity index (χ0v) is 10.5. The average molecular weight is 222 g/mol. The van der Waals surface area contributed by atoms with Gasteiger partial charge in [0.15, 0.2) is 0 Å². The summed E-state index contributed by atoms with van der Waals surface area (Å²) in [6.07, 6.45) is 3.15. The maximum atomic E-state index is 5.71. The number of fused-ring (bicyclic) bond motifs is 1. The van der Waals surface area contributed by atoms with E-state index in [9.17, 15) is 0 Å². The molecule has 4 nitrogen and oxygen atoms in total. The summed E-state index contributed by atoms with van der Waals surface area (Å²) in [6.45, 7) is 8.51. The van der Waals surface area contributed by atoms with Crippen LogP contribution in [0.25, 0.3) is 0 Å². The van der Waals surface area contributed by atoms with Gasteiger partial charge in [-0.25, -0.2) is 0 Å². The summed E-state index contributed by atoms with van der Waals surface area (Å²) in [6, 6.07) is 0. The van der Waals surface area contributed by atoms with E-state index in [1.807, 2.05) is 0 Å². The Kier molecular flexibility index (Phi) is 3.02. The minimum absolute atomic E-state index is 0.272. The molecule has 0 spiro atoms. The van der Waals surface area contributed by atoms with E-state index in [0.717, 1.165) is 37.6 Å². The van der Waals surface area contributed by atoms with Crippen LogP contribution in [0, 0.1) is 11.3 Å². The molecule has 2 N–H and O–H groups in total. The lowest BCUT2D eigenvalue weighted by Crippen LogP contribution is -2.27. The quantitative estimate of drug-likeness (QED) is 0.822. The maximum Gasteiger partial charge on any atom is 0.133 e. The van der Waals surface area contributed by atoms with Crippen LogP contribution < -0.4 is 5.73 Å². The Bertz CT molecular complexity index is 362. The second-order valence-corrected chi connectivity index (χ2v) is 6.02. The highest BCUT2D eigenvalue weighted by atomic mass is 15.3. The Morgan fingerprint density at radius 1 is 1.38 bits per heavy atom. The van der Waals surface area contributed by atoms with E-state index in [1.165, 1.54) is 6.42 Å². The van der Waals surface area contributed by atoms with Crippen LogP contribution in [0.2, 0.25) is 0 Å². The van der Waals surface area contributed by atoms with Crippen LogP contribution in [0.15, 0.2) is 0 Å². The molecule has 0 amide bonds. The summed E-state index contributed by atoms with van der Waals surface area (Å²) in [5, 5.41) is 8.62. The molecule has 90 valence electrons. The number of nitrogens with two attached hydrogens (primary N) is 1. The largest absolute Gasteiger partial charge is 0.330 e. The SMILES string of the molecule is CC(C)(C)Cc1nnc2n1CCC(CN)C2. The van der Waals surface area contributed by atoms with Gasteiger partial charge in [-0.1, -0.05) is 20.8 Å². The van der Waals surface area contributed by atoms with Gasteiger partial charge in [0, 0.05) is 19.4 Å². The summed E-state index contributed by atoms with van der Waals surface area (Å²) in [5.41, 5.74) is 5.98. The van der Waals surface area contributed by atoms with Crippen molar-refractivity contribution in [1.29, 1.82) is 0 Å². The zero-order chi connectivity index (χ0) is 11.8. The van der Waals surface area contributed by atoms with Crippen LogP contribution in [-0.2, 0) is 19.4 Å². The summed E-state index contributed by atoms with van der Waals surface area (Å²) in [5.74, 6) is 2.86. The van der Waals surface area contributed by atoms with Crippen molar-refractivity contribution in [3.05, 3.63) is 11.6 Å². The van der Waals surface area contributed by atoms with E-state index in [2.05, 4.69) is 35.5 Å². The first-order valence-electron chi connectivity index (χ1n) is 6.10. The monoisotopic (exact) mass is 222 g/mol. The fourth-order valence-corrected chi connectivity index (χ4v) is 2.26. The molecule has 1 unspecified atom stereocenters. The molecule has 4 heteroatoms.